The van der Waals surface area contributed by atoms with Gasteiger partial charge in [0.2, 0.25) is 0 Å². The lowest BCUT2D eigenvalue weighted by Gasteiger charge is -2.14. The summed E-state index contributed by atoms with van der Waals surface area (Å²) in [5.41, 5.74) is 4.97. The zero-order chi connectivity index (χ0) is 12.3. The largest absolute Gasteiger partial charge is 0.306 e. The number of aryl methyl sites for hydroxylation is 2. The lowest BCUT2D eigenvalue weighted by Crippen LogP contribution is -2.18. The minimum Gasteiger partial charge on any atom is -0.306 e. The second-order valence-corrected chi connectivity index (χ2v) is 4.53. The highest BCUT2D eigenvalue weighted by atomic mass is 15.1. The van der Waals surface area contributed by atoms with Crippen molar-refractivity contribution < 1.29 is 0 Å². The third-order valence-electron chi connectivity index (χ3n) is 3.11. The Hall–Kier alpha value is -1.61. The van der Waals surface area contributed by atoms with E-state index in [4.69, 9.17) is 0 Å². The van der Waals surface area contributed by atoms with Gasteiger partial charge in [0.15, 0.2) is 0 Å². The maximum Gasteiger partial charge on any atom is 0.0535 e. The van der Waals surface area contributed by atoms with Crippen LogP contribution in [0.3, 0.4) is 0 Å². The number of nitrogens with one attached hydrogen (secondary N) is 2. The zero-order valence-electron chi connectivity index (χ0n) is 10.6. The second-order valence-electron chi connectivity index (χ2n) is 4.53. The number of hydrogen-bond acceptors (Lipinski definition) is 2. The van der Waals surface area contributed by atoms with Crippen molar-refractivity contribution in [1.82, 2.24) is 15.5 Å². The van der Waals surface area contributed by atoms with Crippen molar-refractivity contribution in [3.63, 3.8) is 0 Å². The molecule has 0 bridgehead atoms. The van der Waals surface area contributed by atoms with Crippen LogP contribution in [0.5, 0.6) is 0 Å². The van der Waals surface area contributed by atoms with Crippen LogP contribution in [0, 0.1) is 13.8 Å². The summed E-state index contributed by atoms with van der Waals surface area (Å²) in [5.74, 6) is 0. The van der Waals surface area contributed by atoms with E-state index >= 15 is 0 Å². The molecule has 3 heteroatoms. The van der Waals surface area contributed by atoms with Gasteiger partial charge in [0.1, 0.15) is 0 Å². The minimum absolute atomic E-state index is 0.352. The number of rotatable bonds is 4. The average molecular weight is 229 g/mol. The van der Waals surface area contributed by atoms with Crippen LogP contribution in [-0.4, -0.2) is 10.2 Å². The third kappa shape index (κ3) is 2.94. The van der Waals surface area contributed by atoms with E-state index < -0.39 is 0 Å². The number of aromatic amines is 1. The van der Waals surface area contributed by atoms with E-state index in [1.54, 1.807) is 0 Å². The van der Waals surface area contributed by atoms with Gasteiger partial charge < -0.3 is 5.32 Å². The van der Waals surface area contributed by atoms with Crippen LogP contribution in [0.1, 0.15) is 35.3 Å². The van der Waals surface area contributed by atoms with Crippen LogP contribution in [0.25, 0.3) is 0 Å². The molecule has 2 N–H and O–H groups in total. The first kappa shape index (κ1) is 11.9. The fourth-order valence-corrected chi connectivity index (χ4v) is 1.79. The molecule has 0 aliphatic heterocycles. The quantitative estimate of drug-likeness (QED) is 0.846. The first-order valence-electron chi connectivity index (χ1n) is 5.95. The Kier molecular flexibility index (Phi) is 3.59. The highest BCUT2D eigenvalue weighted by Crippen LogP contribution is 2.14. The fraction of sp³-hybridized carbons (Fsp3) is 0.357. The summed E-state index contributed by atoms with van der Waals surface area (Å²) in [6.07, 6.45) is 1.88. The molecule has 0 saturated heterocycles. The molecule has 2 rings (SSSR count). The van der Waals surface area contributed by atoms with E-state index in [9.17, 15) is 0 Å². The van der Waals surface area contributed by atoms with Gasteiger partial charge in [-0.3, -0.25) is 5.10 Å². The zero-order valence-corrected chi connectivity index (χ0v) is 10.6. The third-order valence-corrected chi connectivity index (χ3v) is 3.11. The van der Waals surface area contributed by atoms with Crippen molar-refractivity contribution in [3.8, 4) is 0 Å². The first-order chi connectivity index (χ1) is 8.16. The van der Waals surface area contributed by atoms with E-state index in [2.05, 4.69) is 53.6 Å². The van der Waals surface area contributed by atoms with Crippen LogP contribution in [0.15, 0.2) is 30.5 Å². The topological polar surface area (TPSA) is 40.7 Å². The highest BCUT2D eigenvalue weighted by Gasteiger charge is 2.06. The monoisotopic (exact) mass is 229 g/mol. The van der Waals surface area contributed by atoms with E-state index in [-0.39, 0.29) is 0 Å². The van der Waals surface area contributed by atoms with Crippen molar-refractivity contribution in [2.75, 3.05) is 0 Å². The average Bonchev–Trinajstić information content (AvgIpc) is 2.73. The Bertz CT molecular complexity index is 470. The van der Waals surface area contributed by atoms with Crippen LogP contribution < -0.4 is 5.32 Å². The smallest absolute Gasteiger partial charge is 0.0535 e. The van der Waals surface area contributed by atoms with Crippen LogP contribution in [-0.2, 0) is 6.54 Å². The number of benzene rings is 1. The Morgan fingerprint density at radius 1 is 1.24 bits per heavy atom. The molecule has 90 valence electrons. The number of hydrogen-bond donors (Lipinski definition) is 2. The van der Waals surface area contributed by atoms with Gasteiger partial charge in [0.25, 0.3) is 0 Å². The maximum absolute atomic E-state index is 4.02. The normalized spacial score (nSPS) is 12.6. The van der Waals surface area contributed by atoms with E-state index in [0.717, 1.165) is 12.2 Å². The standard InChI is InChI=1S/C14H19N3/c1-10-4-6-13(7-5-10)11(2)15-8-14-9-16-17-12(14)3/h4-7,9,11,15H,8H2,1-3H3,(H,16,17)/t11-/m1/s1. The molecule has 0 aliphatic carbocycles. The summed E-state index contributed by atoms with van der Waals surface area (Å²) >= 11 is 0. The van der Waals surface area contributed by atoms with Gasteiger partial charge in [-0.15, -0.1) is 0 Å². The molecule has 0 spiro atoms. The van der Waals surface area contributed by atoms with Crippen molar-refractivity contribution >= 4 is 0 Å². The lowest BCUT2D eigenvalue weighted by molar-refractivity contribution is 0.573. The maximum atomic E-state index is 4.02. The van der Waals surface area contributed by atoms with Crippen LogP contribution >= 0.6 is 0 Å². The SMILES string of the molecule is Cc1ccc([C@@H](C)NCc2cn[nH]c2C)cc1. The summed E-state index contributed by atoms with van der Waals surface area (Å²) in [4.78, 5) is 0. The van der Waals surface area contributed by atoms with Gasteiger partial charge >= 0.3 is 0 Å². The molecule has 0 unspecified atom stereocenters. The Morgan fingerprint density at radius 3 is 2.53 bits per heavy atom. The molecule has 3 nitrogen and oxygen atoms in total. The molecule has 1 heterocycles. The van der Waals surface area contributed by atoms with E-state index in [0.29, 0.717) is 6.04 Å². The summed E-state index contributed by atoms with van der Waals surface area (Å²) in [6, 6.07) is 9.00. The summed E-state index contributed by atoms with van der Waals surface area (Å²) in [5, 5.41) is 10.5. The minimum atomic E-state index is 0.352. The Labute approximate surface area is 102 Å². The van der Waals surface area contributed by atoms with Crippen molar-refractivity contribution in [1.29, 1.82) is 0 Å². The number of H-pyrrole nitrogens is 1. The summed E-state index contributed by atoms with van der Waals surface area (Å²) in [6.45, 7) is 7.18. The first-order valence-corrected chi connectivity index (χ1v) is 5.95. The van der Waals surface area contributed by atoms with Gasteiger partial charge in [0.05, 0.1) is 6.20 Å². The molecule has 2 aromatic rings. The van der Waals surface area contributed by atoms with E-state index in [1.165, 1.54) is 16.7 Å². The van der Waals surface area contributed by atoms with Gasteiger partial charge in [0, 0.05) is 23.8 Å². The Morgan fingerprint density at radius 2 is 1.94 bits per heavy atom. The second kappa shape index (κ2) is 5.15. The van der Waals surface area contributed by atoms with Gasteiger partial charge in [-0.05, 0) is 26.3 Å². The number of aromatic nitrogens is 2. The molecular formula is C14H19N3. The van der Waals surface area contributed by atoms with E-state index in [1.807, 2.05) is 13.1 Å². The highest BCUT2D eigenvalue weighted by molar-refractivity contribution is 5.24. The van der Waals surface area contributed by atoms with Gasteiger partial charge in [-0.25, -0.2) is 0 Å². The molecule has 1 aromatic carbocycles. The van der Waals surface area contributed by atoms with Gasteiger partial charge in [-0.1, -0.05) is 29.8 Å². The predicted octanol–water partition coefficient (Wildman–Crippen LogP) is 2.88. The summed E-state index contributed by atoms with van der Waals surface area (Å²) in [7, 11) is 0. The summed E-state index contributed by atoms with van der Waals surface area (Å²) < 4.78 is 0. The predicted molar refractivity (Wildman–Crippen MR) is 69.8 cm³/mol. The van der Waals surface area contributed by atoms with Crippen molar-refractivity contribution in [2.24, 2.45) is 0 Å². The Balaban J connectivity index is 1.95. The van der Waals surface area contributed by atoms with Crippen LogP contribution in [0.4, 0.5) is 0 Å². The molecular weight excluding hydrogens is 210 g/mol. The molecule has 1 aromatic heterocycles. The molecule has 17 heavy (non-hydrogen) atoms. The number of nitrogens with zero attached hydrogens (tertiary/aromatic N) is 1. The fourth-order valence-electron chi connectivity index (χ4n) is 1.79. The van der Waals surface area contributed by atoms with Crippen molar-refractivity contribution in [3.05, 3.63) is 52.8 Å². The molecule has 1 atom stereocenters. The molecule has 0 radical (unpaired) electrons. The van der Waals surface area contributed by atoms with Crippen LogP contribution in [0.2, 0.25) is 0 Å². The molecule has 0 saturated carbocycles. The lowest BCUT2D eigenvalue weighted by atomic mass is 10.1. The van der Waals surface area contributed by atoms with Gasteiger partial charge in [-0.2, -0.15) is 5.10 Å². The molecule has 0 aliphatic rings. The molecule has 0 amide bonds. The van der Waals surface area contributed by atoms with Crippen molar-refractivity contribution in [2.45, 2.75) is 33.4 Å². The molecule has 0 fully saturated rings.